The lowest BCUT2D eigenvalue weighted by Crippen LogP contribution is -2.52. The lowest BCUT2D eigenvalue weighted by atomic mass is 9.48. The zero-order valence-corrected chi connectivity index (χ0v) is 16.1. The first kappa shape index (κ1) is 19.6. The molecule has 0 aromatic rings. The molecule has 0 radical (unpaired) electrons. The highest BCUT2D eigenvalue weighted by Gasteiger charge is 2.55. The van der Waals surface area contributed by atoms with Gasteiger partial charge in [0.05, 0.1) is 7.11 Å². The molecule has 0 bridgehead atoms. The number of allylic oxidation sites excluding steroid dienone is 3. The first-order valence-corrected chi connectivity index (χ1v) is 9.11. The van der Waals surface area contributed by atoms with Gasteiger partial charge in [-0.2, -0.15) is 0 Å². The van der Waals surface area contributed by atoms with Crippen molar-refractivity contribution in [1.29, 1.82) is 0 Å². The molecule has 0 aliphatic heterocycles. The van der Waals surface area contributed by atoms with Crippen LogP contribution in [0.4, 0.5) is 0 Å². The van der Waals surface area contributed by atoms with Crippen LogP contribution in [-0.2, 0) is 19.1 Å². The predicted octanol–water partition coefficient (Wildman–Crippen LogP) is 4.04. The van der Waals surface area contributed by atoms with Crippen molar-refractivity contribution < 1.29 is 19.1 Å². The number of ketones is 1. The summed E-state index contributed by atoms with van der Waals surface area (Å²) in [6.45, 7) is 8.66. The number of rotatable bonds is 5. The summed E-state index contributed by atoms with van der Waals surface area (Å²) in [4.78, 5) is 35.5. The smallest absolute Gasteiger partial charge is 0.330 e. The molecule has 25 heavy (non-hydrogen) atoms. The maximum Gasteiger partial charge on any atom is 0.330 e. The highest BCUT2D eigenvalue weighted by molar-refractivity contribution is 5.95. The molecule has 0 heterocycles. The number of hydrogen-bond acceptors (Lipinski definition) is 4. The summed E-state index contributed by atoms with van der Waals surface area (Å²) >= 11 is 0. The molecule has 4 nitrogen and oxygen atoms in total. The van der Waals surface area contributed by atoms with Crippen molar-refractivity contribution in [1.82, 2.24) is 0 Å². The van der Waals surface area contributed by atoms with Crippen molar-refractivity contribution in [3.8, 4) is 0 Å². The first-order valence-electron chi connectivity index (χ1n) is 9.11. The van der Waals surface area contributed by atoms with Crippen LogP contribution in [0.3, 0.4) is 0 Å². The average molecular weight is 346 g/mol. The number of ether oxygens (including phenoxy) is 1. The standard InChI is InChI=1S/C21H30O4/c1-14-11-17(23)19-20(2,3)9-6-10-21(19,4)16(14)8-7-15(13-22)12-18(24)25-5/h11-13,16,19H,6-10H2,1-5H3/b15-12+/t16-,19-,21+/m1/s1. The van der Waals surface area contributed by atoms with Crippen LogP contribution >= 0.6 is 0 Å². The fraction of sp³-hybridized carbons (Fsp3) is 0.667. The number of hydrogen-bond donors (Lipinski definition) is 0. The van der Waals surface area contributed by atoms with Gasteiger partial charge in [-0.15, -0.1) is 0 Å². The molecule has 3 atom stereocenters. The normalized spacial score (nSPS) is 31.8. The SMILES string of the molecule is COC(=O)/C=C(/C=O)CC[C@@H]1C(C)=CC(=O)[C@@H]2C(C)(C)CCC[C@@]12C. The van der Waals surface area contributed by atoms with Gasteiger partial charge in [0.1, 0.15) is 6.29 Å². The second-order valence-electron chi connectivity index (χ2n) is 8.52. The Kier molecular flexibility index (Phi) is 5.70. The minimum absolute atomic E-state index is 0.00508. The van der Waals surface area contributed by atoms with E-state index in [0.29, 0.717) is 12.0 Å². The minimum Gasteiger partial charge on any atom is -0.466 e. The number of aldehydes is 1. The van der Waals surface area contributed by atoms with E-state index in [1.807, 2.05) is 13.0 Å². The Morgan fingerprint density at radius 1 is 1.32 bits per heavy atom. The lowest BCUT2D eigenvalue weighted by Gasteiger charge is -2.55. The summed E-state index contributed by atoms with van der Waals surface area (Å²) in [6.07, 6.45) is 8.31. The molecular weight excluding hydrogens is 316 g/mol. The summed E-state index contributed by atoms with van der Waals surface area (Å²) < 4.78 is 4.61. The molecule has 1 fully saturated rings. The van der Waals surface area contributed by atoms with Crippen LogP contribution in [-0.4, -0.2) is 25.1 Å². The summed E-state index contributed by atoms with van der Waals surface area (Å²) in [7, 11) is 1.30. The van der Waals surface area contributed by atoms with E-state index in [-0.39, 0.29) is 28.4 Å². The number of esters is 1. The minimum atomic E-state index is -0.504. The Bertz CT molecular complexity index is 626. The third-order valence-electron chi connectivity index (χ3n) is 6.36. The van der Waals surface area contributed by atoms with Crippen molar-refractivity contribution in [2.24, 2.45) is 22.7 Å². The fourth-order valence-electron chi connectivity index (χ4n) is 5.36. The van der Waals surface area contributed by atoms with Crippen LogP contribution in [0.15, 0.2) is 23.3 Å². The van der Waals surface area contributed by atoms with Gasteiger partial charge in [-0.25, -0.2) is 4.79 Å². The zero-order chi connectivity index (χ0) is 18.8. The summed E-state index contributed by atoms with van der Waals surface area (Å²) in [5.74, 6) is 0.0141. The molecule has 2 aliphatic carbocycles. The molecule has 4 heteroatoms. The van der Waals surface area contributed by atoms with E-state index in [9.17, 15) is 14.4 Å². The number of fused-ring (bicyclic) bond motifs is 1. The van der Waals surface area contributed by atoms with Crippen molar-refractivity contribution in [2.75, 3.05) is 7.11 Å². The Morgan fingerprint density at radius 2 is 2.00 bits per heavy atom. The molecule has 2 rings (SSSR count). The maximum atomic E-state index is 12.8. The van der Waals surface area contributed by atoms with Crippen LogP contribution in [0.2, 0.25) is 0 Å². The first-order chi connectivity index (χ1) is 11.7. The molecular formula is C21H30O4. The van der Waals surface area contributed by atoms with E-state index in [0.717, 1.165) is 37.5 Å². The van der Waals surface area contributed by atoms with E-state index < -0.39 is 5.97 Å². The monoisotopic (exact) mass is 346 g/mol. The quantitative estimate of drug-likeness (QED) is 0.428. The molecule has 0 spiro atoms. The third-order valence-corrected chi connectivity index (χ3v) is 6.36. The topological polar surface area (TPSA) is 60.4 Å². The third kappa shape index (κ3) is 3.78. The maximum absolute atomic E-state index is 12.8. The summed E-state index contributed by atoms with van der Waals surface area (Å²) in [5.41, 5.74) is 1.46. The van der Waals surface area contributed by atoms with Crippen LogP contribution in [0, 0.1) is 22.7 Å². The second-order valence-corrected chi connectivity index (χ2v) is 8.52. The number of carbonyl (C=O) groups is 3. The predicted molar refractivity (Wildman–Crippen MR) is 96.9 cm³/mol. The molecule has 0 saturated heterocycles. The molecule has 0 amide bonds. The van der Waals surface area contributed by atoms with Gasteiger partial charge in [0, 0.05) is 12.0 Å². The Labute approximate surface area is 150 Å². The Balaban J connectivity index is 2.28. The molecule has 0 aromatic carbocycles. The molecule has 1 saturated carbocycles. The van der Waals surface area contributed by atoms with Gasteiger partial charge in [-0.05, 0) is 61.0 Å². The van der Waals surface area contributed by atoms with Gasteiger partial charge in [-0.3, -0.25) is 9.59 Å². The number of carbonyl (C=O) groups excluding carboxylic acids is 3. The second kappa shape index (κ2) is 7.27. The van der Waals surface area contributed by atoms with Gasteiger partial charge in [0.25, 0.3) is 0 Å². The Hall–Kier alpha value is -1.71. The number of methoxy groups -OCH3 is 1. The van der Waals surface area contributed by atoms with E-state index in [4.69, 9.17) is 0 Å². The van der Waals surface area contributed by atoms with Crippen molar-refractivity contribution in [2.45, 2.75) is 59.8 Å². The zero-order valence-electron chi connectivity index (χ0n) is 16.1. The van der Waals surface area contributed by atoms with E-state index >= 15 is 0 Å². The molecule has 2 aliphatic rings. The van der Waals surface area contributed by atoms with Crippen LogP contribution in [0.5, 0.6) is 0 Å². The molecule has 0 N–H and O–H groups in total. The summed E-state index contributed by atoms with van der Waals surface area (Å²) in [6, 6.07) is 0. The summed E-state index contributed by atoms with van der Waals surface area (Å²) in [5, 5.41) is 0. The molecule has 0 aromatic heterocycles. The van der Waals surface area contributed by atoms with Crippen LogP contribution in [0.25, 0.3) is 0 Å². The van der Waals surface area contributed by atoms with Gasteiger partial charge in [0.15, 0.2) is 5.78 Å². The molecule has 0 unspecified atom stereocenters. The largest absolute Gasteiger partial charge is 0.466 e. The van der Waals surface area contributed by atoms with Crippen LogP contribution < -0.4 is 0 Å². The van der Waals surface area contributed by atoms with Gasteiger partial charge in [-0.1, -0.05) is 32.8 Å². The van der Waals surface area contributed by atoms with Gasteiger partial charge in [0.2, 0.25) is 0 Å². The van der Waals surface area contributed by atoms with E-state index in [1.54, 1.807) is 0 Å². The highest BCUT2D eigenvalue weighted by Crippen LogP contribution is 2.59. The molecule has 138 valence electrons. The van der Waals surface area contributed by atoms with Gasteiger partial charge >= 0.3 is 5.97 Å². The van der Waals surface area contributed by atoms with Crippen LogP contribution in [0.1, 0.15) is 59.8 Å². The van der Waals surface area contributed by atoms with E-state index in [1.165, 1.54) is 13.2 Å². The fourth-order valence-corrected chi connectivity index (χ4v) is 5.36. The highest BCUT2D eigenvalue weighted by atomic mass is 16.5. The van der Waals surface area contributed by atoms with E-state index in [2.05, 4.69) is 25.5 Å². The van der Waals surface area contributed by atoms with Gasteiger partial charge < -0.3 is 4.74 Å². The Morgan fingerprint density at radius 3 is 2.60 bits per heavy atom. The van der Waals surface area contributed by atoms with Crippen molar-refractivity contribution in [3.05, 3.63) is 23.3 Å². The lowest BCUT2D eigenvalue weighted by molar-refractivity contribution is -0.136. The average Bonchev–Trinajstić information content (AvgIpc) is 2.51. The van der Waals surface area contributed by atoms with Crippen molar-refractivity contribution in [3.63, 3.8) is 0 Å². The van der Waals surface area contributed by atoms with Crippen molar-refractivity contribution >= 4 is 18.0 Å².